The molecule has 0 saturated carbocycles. The standard InChI is InChI=1S/C17H17BO7/c1-17(2)24-15-13(22-10-18(20)21)9-8-12(14(15)16(19)25-17)23-11-6-4-3-5-7-11/h3-9,20-21H,10H2,1-2H3. The van der Waals surface area contributed by atoms with Gasteiger partial charge < -0.3 is 29.0 Å². The number of hydrogen-bond donors (Lipinski definition) is 2. The molecule has 2 N–H and O–H groups in total. The number of hydrogen-bond acceptors (Lipinski definition) is 7. The van der Waals surface area contributed by atoms with Crippen molar-refractivity contribution in [1.82, 2.24) is 0 Å². The second-order valence-electron chi connectivity index (χ2n) is 5.86. The Bertz CT molecular complexity index is 774. The number of carbonyl (C=O) groups is 1. The molecule has 25 heavy (non-hydrogen) atoms. The number of benzene rings is 2. The number of rotatable bonds is 5. The first kappa shape index (κ1) is 17.1. The van der Waals surface area contributed by atoms with E-state index in [-0.39, 0.29) is 29.3 Å². The zero-order valence-electron chi connectivity index (χ0n) is 13.8. The molecule has 0 atom stereocenters. The van der Waals surface area contributed by atoms with Gasteiger partial charge in [-0.1, -0.05) is 18.2 Å². The van der Waals surface area contributed by atoms with Crippen molar-refractivity contribution in [2.75, 3.05) is 6.51 Å². The second-order valence-corrected chi connectivity index (χ2v) is 5.86. The van der Waals surface area contributed by atoms with Gasteiger partial charge in [-0.05, 0) is 24.3 Å². The van der Waals surface area contributed by atoms with E-state index in [0.29, 0.717) is 5.75 Å². The molecule has 1 aliphatic heterocycles. The first-order chi connectivity index (χ1) is 11.9. The van der Waals surface area contributed by atoms with Crippen molar-refractivity contribution in [3.63, 3.8) is 0 Å². The van der Waals surface area contributed by atoms with E-state index in [4.69, 9.17) is 29.0 Å². The SMILES string of the molecule is CC1(C)OC(=O)c2c(Oc3ccccc3)ccc(OCB(O)O)c2O1. The highest BCUT2D eigenvalue weighted by Crippen LogP contribution is 2.44. The van der Waals surface area contributed by atoms with Gasteiger partial charge in [-0.3, -0.25) is 0 Å². The normalized spacial score (nSPS) is 14.8. The Morgan fingerprint density at radius 1 is 1.04 bits per heavy atom. The van der Waals surface area contributed by atoms with Gasteiger partial charge >= 0.3 is 13.1 Å². The van der Waals surface area contributed by atoms with E-state index in [2.05, 4.69) is 0 Å². The molecule has 8 heteroatoms. The topological polar surface area (TPSA) is 94.5 Å². The predicted molar refractivity (Wildman–Crippen MR) is 88.8 cm³/mol. The Hall–Kier alpha value is -2.71. The largest absolute Gasteiger partial charge is 0.492 e. The molecule has 0 aromatic heterocycles. The average Bonchev–Trinajstić information content (AvgIpc) is 2.53. The molecule has 0 unspecified atom stereocenters. The molecule has 2 aromatic carbocycles. The van der Waals surface area contributed by atoms with Crippen LogP contribution in [0.3, 0.4) is 0 Å². The Balaban J connectivity index is 2.02. The van der Waals surface area contributed by atoms with Gasteiger partial charge in [0.25, 0.3) is 0 Å². The highest BCUT2D eigenvalue weighted by molar-refractivity contribution is 6.40. The lowest BCUT2D eigenvalue weighted by atomic mass is 9.95. The van der Waals surface area contributed by atoms with Crippen LogP contribution in [0.5, 0.6) is 23.0 Å². The summed E-state index contributed by atoms with van der Waals surface area (Å²) in [5.41, 5.74) is 0.0770. The van der Waals surface area contributed by atoms with E-state index in [1.165, 1.54) is 12.1 Å². The van der Waals surface area contributed by atoms with Gasteiger partial charge in [-0.25, -0.2) is 4.79 Å². The van der Waals surface area contributed by atoms with E-state index in [9.17, 15) is 4.79 Å². The molecule has 130 valence electrons. The molecule has 0 radical (unpaired) electrons. The number of esters is 1. The van der Waals surface area contributed by atoms with Gasteiger partial charge in [-0.2, -0.15) is 0 Å². The molecule has 0 aliphatic carbocycles. The third-order valence-corrected chi connectivity index (χ3v) is 3.33. The third-order valence-electron chi connectivity index (χ3n) is 3.33. The van der Waals surface area contributed by atoms with E-state index in [0.717, 1.165) is 0 Å². The Labute approximate surface area is 144 Å². The Morgan fingerprint density at radius 3 is 2.40 bits per heavy atom. The molecule has 1 aliphatic rings. The zero-order chi connectivity index (χ0) is 18.0. The van der Waals surface area contributed by atoms with Crippen molar-refractivity contribution in [3.05, 3.63) is 48.0 Å². The first-order valence-corrected chi connectivity index (χ1v) is 7.67. The number of cyclic esters (lactones) is 1. The van der Waals surface area contributed by atoms with Crippen LogP contribution in [-0.2, 0) is 4.74 Å². The molecule has 0 saturated heterocycles. The number of fused-ring (bicyclic) bond motifs is 1. The van der Waals surface area contributed by atoms with Crippen LogP contribution in [-0.4, -0.2) is 35.4 Å². The fourth-order valence-corrected chi connectivity index (χ4v) is 2.36. The predicted octanol–water partition coefficient (Wildman–Crippen LogP) is 2.16. The minimum absolute atomic E-state index is 0.0770. The van der Waals surface area contributed by atoms with Crippen LogP contribution >= 0.6 is 0 Å². The minimum Gasteiger partial charge on any atom is -0.492 e. The lowest BCUT2D eigenvalue weighted by Gasteiger charge is -2.33. The van der Waals surface area contributed by atoms with Gasteiger partial charge in [0, 0.05) is 13.8 Å². The van der Waals surface area contributed by atoms with Crippen LogP contribution in [0.15, 0.2) is 42.5 Å². The lowest BCUT2D eigenvalue weighted by Crippen LogP contribution is -2.39. The summed E-state index contributed by atoms with van der Waals surface area (Å²) < 4.78 is 22.1. The van der Waals surface area contributed by atoms with Crippen LogP contribution < -0.4 is 14.2 Å². The van der Waals surface area contributed by atoms with Gasteiger partial charge in [-0.15, -0.1) is 0 Å². The summed E-state index contributed by atoms with van der Waals surface area (Å²) in [7, 11) is -1.65. The lowest BCUT2D eigenvalue weighted by molar-refractivity contribution is -0.128. The molecule has 1 heterocycles. The quantitative estimate of drug-likeness (QED) is 0.634. The highest BCUT2D eigenvalue weighted by atomic mass is 16.7. The smallest absolute Gasteiger partial charge is 0.491 e. The van der Waals surface area contributed by atoms with Crippen LogP contribution in [0.25, 0.3) is 0 Å². The summed E-state index contributed by atoms with van der Waals surface area (Å²) in [6, 6.07) is 12.0. The minimum atomic E-state index is -1.65. The Kier molecular flexibility index (Phi) is 4.56. The average molecular weight is 344 g/mol. The fourth-order valence-electron chi connectivity index (χ4n) is 2.36. The molecule has 0 amide bonds. The van der Waals surface area contributed by atoms with Crippen molar-refractivity contribution < 1.29 is 33.8 Å². The Morgan fingerprint density at radius 2 is 1.72 bits per heavy atom. The van der Waals surface area contributed by atoms with Crippen LogP contribution in [0.1, 0.15) is 24.2 Å². The molecule has 7 nitrogen and oxygen atoms in total. The molecular weight excluding hydrogens is 327 g/mol. The summed E-state index contributed by atoms with van der Waals surface area (Å²) in [6.45, 7) is 2.80. The molecule has 0 bridgehead atoms. The summed E-state index contributed by atoms with van der Waals surface area (Å²) in [5.74, 6) is -0.693. The molecule has 0 spiro atoms. The van der Waals surface area contributed by atoms with E-state index in [1.54, 1.807) is 38.1 Å². The third kappa shape index (κ3) is 3.86. The van der Waals surface area contributed by atoms with Crippen molar-refractivity contribution >= 4 is 13.1 Å². The maximum Gasteiger partial charge on any atom is 0.491 e. The summed E-state index contributed by atoms with van der Waals surface area (Å²) >= 11 is 0. The first-order valence-electron chi connectivity index (χ1n) is 7.67. The maximum absolute atomic E-state index is 12.5. The second kappa shape index (κ2) is 6.66. The van der Waals surface area contributed by atoms with Gasteiger partial charge in [0.1, 0.15) is 23.6 Å². The van der Waals surface area contributed by atoms with Crippen LogP contribution in [0.4, 0.5) is 0 Å². The summed E-state index contributed by atoms with van der Waals surface area (Å²) in [4.78, 5) is 12.5. The molecule has 2 aromatic rings. The fraction of sp³-hybridized carbons (Fsp3) is 0.235. The monoisotopic (exact) mass is 344 g/mol. The van der Waals surface area contributed by atoms with E-state index >= 15 is 0 Å². The highest BCUT2D eigenvalue weighted by Gasteiger charge is 2.38. The van der Waals surface area contributed by atoms with Crippen LogP contribution in [0, 0.1) is 0 Å². The van der Waals surface area contributed by atoms with Crippen molar-refractivity contribution in [3.8, 4) is 23.0 Å². The van der Waals surface area contributed by atoms with E-state index < -0.39 is 18.9 Å². The van der Waals surface area contributed by atoms with Crippen LogP contribution in [0.2, 0.25) is 0 Å². The van der Waals surface area contributed by atoms with Gasteiger partial charge in [0.05, 0.1) is 0 Å². The molecule has 0 fully saturated rings. The molecule has 3 rings (SSSR count). The maximum atomic E-state index is 12.5. The number of para-hydroxylation sites is 1. The van der Waals surface area contributed by atoms with Crippen molar-refractivity contribution in [2.24, 2.45) is 0 Å². The van der Waals surface area contributed by atoms with Crippen molar-refractivity contribution in [2.45, 2.75) is 19.6 Å². The zero-order valence-corrected chi connectivity index (χ0v) is 13.8. The number of ether oxygens (including phenoxy) is 4. The van der Waals surface area contributed by atoms with Gasteiger partial charge in [0.15, 0.2) is 11.5 Å². The molecular formula is C17H17BO7. The van der Waals surface area contributed by atoms with E-state index in [1.807, 2.05) is 6.07 Å². The summed E-state index contributed by atoms with van der Waals surface area (Å²) in [5, 5.41) is 18.0. The number of carbonyl (C=O) groups excluding carboxylic acids is 1. The van der Waals surface area contributed by atoms with Crippen molar-refractivity contribution in [1.29, 1.82) is 0 Å². The van der Waals surface area contributed by atoms with Gasteiger partial charge in [0.2, 0.25) is 5.79 Å². The summed E-state index contributed by atoms with van der Waals surface area (Å²) in [6.07, 6.45) is 0.